The van der Waals surface area contributed by atoms with Crippen LogP contribution < -0.4 is 4.74 Å². The molecule has 1 aromatic rings. The maximum atomic E-state index is 5.56. The fourth-order valence-corrected chi connectivity index (χ4v) is 5.65. The summed E-state index contributed by atoms with van der Waals surface area (Å²) in [6, 6.07) is 0. The molecule has 2 unspecified atom stereocenters. The van der Waals surface area contributed by atoms with E-state index in [1.165, 1.54) is 4.90 Å². The molecule has 0 spiro atoms. The van der Waals surface area contributed by atoms with Gasteiger partial charge in [0.15, 0.2) is 5.44 Å². The average molecular weight is 335 g/mol. The maximum absolute atomic E-state index is 5.56. The van der Waals surface area contributed by atoms with Crippen molar-refractivity contribution in [3.63, 3.8) is 0 Å². The van der Waals surface area contributed by atoms with E-state index in [1.54, 1.807) is 32.9 Å². The van der Waals surface area contributed by atoms with Crippen LogP contribution in [0.1, 0.15) is 6.92 Å². The van der Waals surface area contributed by atoms with Gasteiger partial charge in [0.05, 0.1) is 11.5 Å². The molecule has 0 N–H and O–H groups in total. The van der Waals surface area contributed by atoms with Crippen molar-refractivity contribution < 1.29 is 14.2 Å². The van der Waals surface area contributed by atoms with E-state index >= 15 is 0 Å². The minimum Gasteiger partial charge on any atom is -0.491 e. The van der Waals surface area contributed by atoms with E-state index < -0.39 is 0 Å². The molecular formula is C12H14O3S4. The van der Waals surface area contributed by atoms with Gasteiger partial charge < -0.3 is 14.2 Å². The minimum atomic E-state index is 0.184. The van der Waals surface area contributed by atoms with E-state index in [9.17, 15) is 0 Å². The molecule has 0 saturated carbocycles. The fraction of sp³-hybridized carbons (Fsp3) is 0.500. The lowest BCUT2D eigenvalue weighted by Gasteiger charge is -2.20. The second-order valence-corrected chi connectivity index (χ2v) is 8.11. The SMILES string of the molecule is C1=C2OCCOC2SS1.CC1CSc2cscc2O1. The Morgan fingerprint density at radius 3 is 3.11 bits per heavy atom. The van der Waals surface area contributed by atoms with Crippen LogP contribution in [0.4, 0.5) is 0 Å². The molecule has 0 bridgehead atoms. The summed E-state index contributed by atoms with van der Waals surface area (Å²) < 4.78 is 16.2. The number of ether oxygens (including phenoxy) is 3. The quantitative estimate of drug-likeness (QED) is 0.660. The van der Waals surface area contributed by atoms with Crippen molar-refractivity contribution in [2.24, 2.45) is 0 Å². The largest absolute Gasteiger partial charge is 0.491 e. The van der Waals surface area contributed by atoms with Gasteiger partial charge in [0.2, 0.25) is 0 Å². The first-order chi connectivity index (χ1) is 9.33. The van der Waals surface area contributed by atoms with Gasteiger partial charge in [-0.1, -0.05) is 10.8 Å². The van der Waals surface area contributed by atoms with E-state index in [0.29, 0.717) is 12.7 Å². The van der Waals surface area contributed by atoms with Crippen LogP contribution in [0.2, 0.25) is 0 Å². The zero-order valence-corrected chi connectivity index (χ0v) is 13.6. The number of hydrogen-bond donors (Lipinski definition) is 0. The standard InChI is InChI=1S/C7H8OS2.C5H6O2S2/c1-5-2-10-7-4-9-3-6(7)8-5;1-2-7-5-4(6-1)3-8-9-5/h3-5H,2H2,1H3;3,5H,1-2H2. The Kier molecular flexibility index (Phi) is 4.92. The van der Waals surface area contributed by atoms with E-state index in [-0.39, 0.29) is 5.44 Å². The summed E-state index contributed by atoms with van der Waals surface area (Å²) in [6.45, 7) is 3.55. The molecule has 1 aromatic heterocycles. The Balaban J connectivity index is 0.000000117. The van der Waals surface area contributed by atoms with Gasteiger partial charge in [-0.25, -0.2) is 0 Å². The Morgan fingerprint density at radius 2 is 2.21 bits per heavy atom. The summed E-state index contributed by atoms with van der Waals surface area (Å²) in [6.07, 6.45) is 0.382. The van der Waals surface area contributed by atoms with Crippen molar-refractivity contribution >= 4 is 44.7 Å². The molecule has 0 amide bonds. The predicted octanol–water partition coefficient (Wildman–Crippen LogP) is 4.22. The van der Waals surface area contributed by atoms with Crippen LogP contribution in [0.15, 0.2) is 26.8 Å². The molecule has 0 aromatic carbocycles. The third-order valence-electron chi connectivity index (χ3n) is 2.56. The first-order valence-electron chi connectivity index (χ1n) is 5.95. The third-order valence-corrected chi connectivity index (χ3v) is 6.82. The van der Waals surface area contributed by atoms with E-state index in [4.69, 9.17) is 14.2 Å². The average Bonchev–Trinajstić information content (AvgIpc) is 3.07. The number of rotatable bonds is 0. The summed E-state index contributed by atoms with van der Waals surface area (Å²) in [5.41, 5.74) is 0.184. The Labute approximate surface area is 128 Å². The van der Waals surface area contributed by atoms with Crippen molar-refractivity contribution in [1.29, 1.82) is 0 Å². The van der Waals surface area contributed by atoms with Gasteiger partial charge in [-0.2, -0.15) is 0 Å². The second-order valence-electron chi connectivity index (χ2n) is 4.10. The van der Waals surface area contributed by atoms with Gasteiger partial charge in [0.1, 0.15) is 24.2 Å². The van der Waals surface area contributed by atoms with Gasteiger partial charge >= 0.3 is 0 Å². The lowest BCUT2D eigenvalue weighted by Crippen LogP contribution is -2.21. The molecule has 0 aliphatic carbocycles. The first kappa shape index (κ1) is 14.0. The molecule has 3 aliphatic heterocycles. The Bertz CT molecular complexity index is 460. The summed E-state index contributed by atoms with van der Waals surface area (Å²) in [5, 5.41) is 6.22. The van der Waals surface area contributed by atoms with Crippen molar-refractivity contribution in [1.82, 2.24) is 0 Å². The van der Waals surface area contributed by atoms with Crippen LogP contribution in [0, 0.1) is 0 Å². The molecular weight excluding hydrogens is 320 g/mol. The van der Waals surface area contributed by atoms with E-state index in [1.807, 2.05) is 17.2 Å². The van der Waals surface area contributed by atoms with E-state index in [0.717, 1.165) is 23.9 Å². The van der Waals surface area contributed by atoms with Crippen molar-refractivity contribution in [3.05, 3.63) is 21.9 Å². The molecule has 3 nitrogen and oxygen atoms in total. The van der Waals surface area contributed by atoms with Crippen molar-refractivity contribution in [3.8, 4) is 5.75 Å². The maximum Gasteiger partial charge on any atom is 0.170 e. The number of hydrogen-bond acceptors (Lipinski definition) is 7. The van der Waals surface area contributed by atoms with Gasteiger partial charge in [-0.05, 0) is 17.7 Å². The molecule has 1 saturated heterocycles. The molecule has 4 rings (SSSR count). The Hall–Kier alpha value is 0.0500. The normalized spacial score (nSPS) is 27.9. The van der Waals surface area contributed by atoms with Crippen LogP contribution >= 0.6 is 44.7 Å². The topological polar surface area (TPSA) is 27.7 Å². The molecule has 7 heteroatoms. The van der Waals surface area contributed by atoms with Crippen molar-refractivity contribution in [2.45, 2.75) is 23.4 Å². The highest BCUT2D eigenvalue weighted by Crippen LogP contribution is 2.42. The molecule has 2 atom stereocenters. The molecule has 0 radical (unpaired) electrons. The van der Waals surface area contributed by atoms with E-state index in [2.05, 4.69) is 17.7 Å². The van der Waals surface area contributed by atoms with Gasteiger partial charge in [0.25, 0.3) is 0 Å². The van der Waals surface area contributed by atoms with Gasteiger partial charge in [-0.15, -0.1) is 23.1 Å². The highest BCUT2D eigenvalue weighted by atomic mass is 33.1. The summed E-state index contributed by atoms with van der Waals surface area (Å²) in [7, 11) is 3.39. The van der Waals surface area contributed by atoms with Crippen LogP contribution in [-0.2, 0) is 9.47 Å². The minimum absolute atomic E-state index is 0.184. The van der Waals surface area contributed by atoms with Crippen LogP contribution in [0.3, 0.4) is 0 Å². The van der Waals surface area contributed by atoms with Crippen molar-refractivity contribution in [2.75, 3.05) is 19.0 Å². The van der Waals surface area contributed by atoms with Crippen LogP contribution in [-0.4, -0.2) is 30.5 Å². The molecule has 104 valence electrons. The third kappa shape index (κ3) is 3.58. The van der Waals surface area contributed by atoms with Gasteiger partial charge in [-0.3, -0.25) is 0 Å². The number of thiophene rings is 1. The lowest BCUT2D eigenvalue weighted by molar-refractivity contribution is -0.00127. The molecule has 1 fully saturated rings. The summed E-state index contributed by atoms with van der Waals surface area (Å²) in [5.74, 6) is 3.16. The molecule has 19 heavy (non-hydrogen) atoms. The summed E-state index contributed by atoms with van der Waals surface area (Å²) in [4.78, 5) is 1.31. The van der Waals surface area contributed by atoms with Crippen LogP contribution in [0.25, 0.3) is 0 Å². The fourth-order valence-electron chi connectivity index (χ4n) is 1.68. The predicted molar refractivity (Wildman–Crippen MR) is 84.1 cm³/mol. The first-order valence-corrected chi connectivity index (χ1v) is 10.2. The monoisotopic (exact) mass is 334 g/mol. The highest BCUT2D eigenvalue weighted by molar-refractivity contribution is 8.78. The number of fused-ring (bicyclic) bond motifs is 2. The second kappa shape index (κ2) is 6.67. The van der Waals surface area contributed by atoms with Crippen LogP contribution in [0.5, 0.6) is 5.75 Å². The van der Waals surface area contributed by atoms with Gasteiger partial charge in [0, 0.05) is 21.9 Å². The highest BCUT2D eigenvalue weighted by Gasteiger charge is 2.26. The smallest absolute Gasteiger partial charge is 0.170 e. The zero-order chi connectivity index (χ0) is 13.1. The molecule has 3 aliphatic rings. The zero-order valence-electron chi connectivity index (χ0n) is 10.4. The lowest BCUT2D eigenvalue weighted by atomic mass is 10.4. The molecule has 4 heterocycles. The number of thioether (sulfide) groups is 1. The Morgan fingerprint density at radius 1 is 1.26 bits per heavy atom. The summed E-state index contributed by atoms with van der Waals surface area (Å²) >= 11 is 3.60.